The molecule has 3 aromatic heterocycles. The molecule has 0 atom stereocenters. The Hall–Kier alpha value is -5.38. The number of aromatic amines is 1. The van der Waals surface area contributed by atoms with Crippen molar-refractivity contribution in [1.82, 2.24) is 34.7 Å². The monoisotopic (exact) mass is 585 g/mol. The minimum absolute atomic E-state index is 0.135. The van der Waals surface area contributed by atoms with Crippen molar-refractivity contribution in [3.05, 3.63) is 118 Å². The first-order valence-corrected chi connectivity index (χ1v) is 14.8. The van der Waals surface area contributed by atoms with Gasteiger partial charge in [0.25, 0.3) is 5.56 Å². The van der Waals surface area contributed by atoms with Crippen LogP contribution in [0.1, 0.15) is 58.9 Å². The molecule has 0 bridgehead atoms. The van der Waals surface area contributed by atoms with E-state index in [0.29, 0.717) is 34.9 Å². The summed E-state index contributed by atoms with van der Waals surface area (Å²) in [4.78, 5) is 31.5. The molecule has 6 aromatic rings. The van der Waals surface area contributed by atoms with Gasteiger partial charge in [0.05, 0.1) is 24.7 Å². The molecule has 1 saturated carbocycles. The van der Waals surface area contributed by atoms with E-state index < -0.39 is 5.97 Å². The number of ether oxygens (including phenoxy) is 1. The number of carbonyl (C=O) groups excluding carboxylic acids is 1. The first-order valence-electron chi connectivity index (χ1n) is 14.8. The molecule has 44 heavy (non-hydrogen) atoms. The predicted molar refractivity (Wildman–Crippen MR) is 166 cm³/mol. The number of hydrogen-bond acceptors (Lipinski definition) is 7. The van der Waals surface area contributed by atoms with Crippen molar-refractivity contribution >= 4 is 17.0 Å². The van der Waals surface area contributed by atoms with Gasteiger partial charge in [-0.2, -0.15) is 5.21 Å². The lowest BCUT2D eigenvalue weighted by molar-refractivity contribution is 0.0599. The standard InChI is InChI=1S/C34H31N7O3/c1-44-34(43)27-12-5-4-10-25(27)21-40-19-18-29-30(33(40)42)41(32(35-29)24-8-2-3-9-24)20-22-14-16-23(17-15-22)26-11-6-7-13-28(26)31-36-38-39-37-31/h4-7,10-19,24H,2-3,8-9,20-21H2,1H3,(H,36,37,38,39). The van der Waals surface area contributed by atoms with Crippen molar-refractivity contribution in [1.29, 1.82) is 0 Å². The van der Waals surface area contributed by atoms with Crippen molar-refractivity contribution in [2.45, 2.75) is 44.7 Å². The number of H-pyrrole nitrogens is 1. The fourth-order valence-electron chi connectivity index (χ4n) is 6.30. The number of aromatic nitrogens is 7. The van der Waals surface area contributed by atoms with Crippen molar-refractivity contribution in [2.24, 2.45) is 0 Å². The Morgan fingerprint density at radius 2 is 1.68 bits per heavy atom. The molecule has 10 heteroatoms. The average molecular weight is 586 g/mol. The largest absolute Gasteiger partial charge is 0.465 e. The smallest absolute Gasteiger partial charge is 0.338 e. The Labute approximate surface area is 253 Å². The third kappa shape index (κ3) is 5.08. The number of tetrazole rings is 1. The molecule has 10 nitrogen and oxygen atoms in total. The second-order valence-electron chi connectivity index (χ2n) is 11.1. The highest BCUT2D eigenvalue weighted by atomic mass is 16.5. The molecule has 3 aromatic carbocycles. The third-order valence-corrected chi connectivity index (χ3v) is 8.50. The number of carbonyl (C=O) groups is 1. The van der Waals surface area contributed by atoms with Gasteiger partial charge in [0.2, 0.25) is 5.82 Å². The molecule has 0 unspecified atom stereocenters. The Morgan fingerprint density at radius 3 is 2.43 bits per heavy atom. The highest BCUT2D eigenvalue weighted by Gasteiger charge is 2.26. The zero-order valence-corrected chi connectivity index (χ0v) is 24.3. The lowest BCUT2D eigenvalue weighted by Gasteiger charge is -2.15. The van der Waals surface area contributed by atoms with E-state index in [1.165, 1.54) is 7.11 Å². The van der Waals surface area contributed by atoms with E-state index in [1.807, 2.05) is 42.5 Å². The molecule has 0 spiro atoms. The number of nitrogens with one attached hydrogen (secondary N) is 1. The molecule has 3 heterocycles. The van der Waals surface area contributed by atoms with E-state index in [4.69, 9.17) is 9.72 Å². The Kier molecular flexibility index (Phi) is 7.31. The average Bonchev–Trinajstić information content (AvgIpc) is 3.85. The molecule has 1 aliphatic carbocycles. The summed E-state index contributed by atoms with van der Waals surface area (Å²) in [6.45, 7) is 0.769. The van der Waals surface area contributed by atoms with Crippen molar-refractivity contribution in [3.8, 4) is 22.5 Å². The molecule has 0 amide bonds. The molecule has 1 fully saturated rings. The van der Waals surface area contributed by atoms with Gasteiger partial charge in [-0.3, -0.25) is 4.79 Å². The normalized spacial score (nSPS) is 13.5. The van der Waals surface area contributed by atoms with E-state index in [2.05, 4.69) is 49.5 Å². The van der Waals surface area contributed by atoms with Crippen LogP contribution in [0.15, 0.2) is 89.9 Å². The number of rotatable bonds is 8. The summed E-state index contributed by atoms with van der Waals surface area (Å²) in [6, 6.07) is 25.5. The van der Waals surface area contributed by atoms with E-state index >= 15 is 0 Å². The number of esters is 1. The van der Waals surface area contributed by atoms with Crippen molar-refractivity contribution in [3.63, 3.8) is 0 Å². The highest BCUT2D eigenvalue weighted by Crippen LogP contribution is 2.35. The van der Waals surface area contributed by atoms with Crippen LogP contribution in [0, 0.1) is 0 Å². The molecule has 1 N–H and O–H groups in total. The van der Waals surface area contributed by atoms with Crippen LogP contribution in [0.4, 0.5) is 0 Å². The van der Waals surface area contributed by atoms with Crippen LogP contribution in [0.2, 0.25) is 0 Å². The van der Waals surface area contributed by atoms with Gasteiger partial charge in [-0.15, -0.1) is 10.2 Å². The van der Waals surface area contributed by atoms with Crippen molar-refractivity contribution < 1.29 is 9.53 Å². The molecule has 220 valence electrons. The second-order valence-corrected chi connectivity index (χ2v) is 11.1. The van der Waals surface area contributed by atoms with Gasteiger partial charge in [-0.25, -0.2) is 9.78 Å². The maximum Gasteiger partial charge on any atom is 0.338 e. The number of hydrogen-bond donors (Lipinski definition) is 1. The van der Waals surface area contributed by atoms with Crippen LogP contribution in [0.5, 0.6) is 0 Å². The van der Waals surface area contributed by atoms with Gasteiger partial charge in [0, 0.05) is 24.2 Å². The van der Waals surface area contributed by atoms with Crippen LogP contribution in [0.25, 0.3) is 33.5 Å². The number of imidazole rings is 1. The maximum absolute atomic E-state index is 14.1. The molecular weight excluding hydrogens is 554 g/mol. The summed E-state index contributed by atoms with van der Waals surface area (Å²) in [5, 5.41) is 14.6. The maximum atomic E-state index is 14.1. The third-order valence-electron chi connectivity index (χ3n) is 8.50. The van der Waals surface area contributed by atoms with Crippen LogP contribution in [-0.2, 0) is 17.8 Å². The second kappa shape index (κ2) is 11.7. The molecule has 7 rings (SSSR count). The SMILES string of the molecule is COC(=O)c1ccccc1Cn1ccc2nc(C3CCCC3)n(Cc3ccc(-c4ccccc4-c4nn[nH]n4)cc3)c2c1=O. The minimum Gasteiger partial charge on any atom is -0.465 e. The van der Waals surface area contributed by atoms with Crippen LogP contribution < -0.4 is 5.56 Å². The van der Waals surface area contributed by atoms with Gasteiger partial charge in [-0.1, -0.05) is 79.6 Å². The summed E-state index contributed by atoms with van der Waals surface area (Å²) >= 11 is 0. The summed E-state index contributed by atoms with van der Waals surface area (Å²) in [7, 11) is 1.36. The van der Waals surface area contributed by atoms with Gasteiger partial charge in [-0.05, 0) is 52.4 Å². The highest BCUT2D eigenvalue weighted by molar-refractivity contribution is 5.91. The minimum atomic E-state index is -0.424. The van der Waals surface area contributed by atoms with Gasteiger partial charge in [0.15, 0.2) is 0 Å². The van der Waals surface area contributed by atoms with Gasteiger partial charge < -0.3 is 13.9 Å². The molecular formula is C34H31N7O3. The first-order chi connectivity index (χ1) is 21.6. The number of methoxy groups -OCH3 is 1. The Balaban J connectivity index is 1.27. The van der Waals surface area contributed by atoms with Crippen molar-refractivity contribution in [2.75, 3.05) is 7.11 Å². The number of benzene rings is 3. The zero-order valence-electron chi connectivity index (χ0n) is 24.3. The molecule has 0 aliphatic heterocycles. The van der Waals surface area contributed by atoms with Crippen LogP contribution in [-0.4, -0.2) is 47.8 Å². The summed E-state index contributed by atoms with van der Waals surface area (Å²) in [5.74, 6) is 1.40. The number of nitrogens with zero attached hydrogens (tertiary/aromatic N) is 6. The summed E-state index contributed by atoms with van der Waals surface area (Å²) in [6.07, 6.45) is 6.23. The number of pyridine rings is 1. The summed E-state index contributed by atoms with van der Waals surface area (Å²) < 4.78 is 8.73. The Bertz CT molecular complexity index is 2000. The van der Waals surface area contributed by atoms with Crippen LogP contribution >= 0.6 is 0 Å². The summed E-state index contributed by atoms with van der Waals surface area (Å²) in [5.41, 5.74) is 6.31. The lowest BCUT2D eigenvalue weighted by Crippen LogP contribution is -2.24. The van der Waals surface area contributed by atoms with E-state index in [-0.39, 0.29) is 12.1 Å². The topological polar surface area (TPSA) is 121 Å². The predicted octanol–water partition coefficient (Wildman–Crippen LogP) is 5.59. The fraction of sp³-hybridized carbons (Fsp3) is 0.235. The van der Waals surface area contributed by atoms with E-state index in [1.54, 1.807) is 22.9 Å². The number of fused-ring (bicyclic) bond motifs is 1. The quantitative estimate of drug-likeness (QED) is 0.231. The van der Waals surface area contributed by atoms with Gasteiger partial charge in [0.1, 0.15) is 11.3 Å². The molecule has 1 aliphatic rings. The molecule has 0 radical (unpaired) electrons. The van der Waals surface area contributed by atoms with E-state index in [0.717, 1.165) is 59.3 Å². The Morgan fingerprint density at radius 1 is 0.932 bits per heavy atom. The fourth-order valence-corrected chi connectivity index (χ4v) is 6.30. The van der Waals surface area contributed by atoms with E-state index in [9.17, 15) is 9.59 Å². The zero-order chi connectivity index (χ0) is 30.0. The lowest BCUT2D eigenvalue weighted by atomic mass is 9.98. The van der Waals surface area contributed by atoms with Crippen LogP contribution in [0.3, 0.4) is 0 Å². The first kappa shape index (κ1) is 27.5. The van der Waals surface area contributed by atoms with Gasteiger partial charge >= 0.3 is 5.97 Å². The molecule has 0 saturated heterocycles.